The minimum Gasteiger partial charge on any atom is -0.342 e. The van der Waals surface area contributed by atoms with Gasteiger partial charge in [0.15, 0.2) is 0 Å². The Balaban J connectivity index is 2.01. The van der Waals surface area contributed by atoms with Crippen LogP contribution in [0.1, 0.15) is 65.7 Å². The minimum atomic E-state index is -0.307. The molecule has 120 valence electrons. The second kappa shape index (κ2) is 7.28. The van der Waals surface area contributed by atoms with Gasteiger partial charge in [0.05, 0.1) is 0 Å². The van der Waals surface area contributed by atoms with Gasteiger partial charge >= 0.3 is 0 Å². The largest absolute Gasteiger partial charge is 0.342 e. The first-order valence-electron chi connectivity index (χ1n) is 8.65. The summed E-state index contributed by atoms with van der Waals surface area (Å²) >= 11 is 0. The quantitative estimate of drug-likeness (QED) is 0.700. The number of nitrogens with one attached hydrogen (secondary N) is 1. The van der Waals surface area contributed by atoms with Crippen molar-refractivity contribution in [1.82, 2.24) is 10.2 Å². The van der Waals surface area contributed by atoms with E-state index in [1.165, 1.54) is 12.8 Å². The van der Waals surface area contributed by atoms with Crippen molar-refractivity contribution in [1.29, 1.82) is 0 Å². The Morgan fingerprint density at radius 2 is 1.90 bits per heavy atom. The van der Waals surface area contributed by atoms with Gasteiger partial charge in [-0.15, -0.1) is 0 Å². The zero-order valence-electron chi connectivity index (χ0n) is 13.7. The van der Waals surface area contributed by atoms with Gasteiger partial charge < -0.3 is 10.2 Å². The SMILES string of the molecule is CCCCCCN1C(=O)C(CC(C)C)NC(=O)C1C1CC1. The molecule has 2 fully saturated rings. The van der Waals surface area contributed by atoms with Crippen molar-refractivity contribution in [2.45, 2.75) is 77.8 Å². The van der Waals surface area contributed by atoms with E-state index in [0.717, 1.165) is 38.6 Å². The molecule has 21 heavy (non-hydrogen) atoms. The van der Waals surface area contributed by atoms with Gasteiger partial charge in [-0.25, -0.2) is 0 Å². The molecule has 0 aromatic heterocycles. The van der Waals surface area contributed by atoms with E-state index in [9.17, 15) is 9.59 Å². The molecule has 0 spiro atoms. The summed E-state index contributed by atoms with van der Waals surface area (Å²) in [7, 11) is 0. The van der Waals surface area contributed by atoms with E-state index in [-0.39, 0.29) is 23.9 Å². The van der Waals surface area contributed by atoms with Crippen LogP contribution in [0.25, 0.3) is 0 Å². The highest BCUT2D eigenvalue weighted by atomic mass is 16.2. The van der Waals surface area contributed by atoms with Crippen LogP contribution in [0.4, 0.5) is 0 Å². The molecule has 2 amide bonds. The standard InChI is InChI=1S/C17H30N2O2/c1-4-5-6-7-10-19-15(13-8-9-13)16(20)18-14(17(19)21)11-12(2)3/h12-15H,4-11H2,1-3H3,(H,18,20). The predicted molar refractivity (Wildman–Crippen MR) is 83.8 cm³/mol. The average Bonchev–Trinajstić information content (AvgIpc) is 3.23. The van der Waals surface area contributed by atoms with E-state index in [2.05, 4.69) is 26.1 Å². The van der Waals surface area contributed by atoms with Crippen LogP contribution in [0.15, 0.2) is 0 Å². The van der Waals surface area contributed by atoms with Crippen molar-refractivity contribution in [3.8, 4) is 0 Å². The summed E-state index contributed by atoms with van der Waals surface area (Å²) in [5, 5.41) is 2.97. The molecular formula is C17H30N2O2. The minimum absolute atomic E-state index is 0.0817. The Kier molecular flexibility index (Phi) is 5.65. The fraction of sp³-hybridized carbons (Fsp3) is 0.882. The molecule has 1 saturated carbocycles. The third kappa shape index (κ3) is 4.21. The number of unbranched alkanes of at least 4 members (excludes halogenated alkanes) is 3. The fourth-order valence-corrected chi connectivity index (χ4v) is 3.27. The monoisotopic (exact) mass is 294 g/mol. The first kappa shape index (κ1) is 16.3. The summed E-state index contributed by atoms with van der Waals surface area (Å²) < 4.78 is 0. The number of carbonyl (C=O) groups is 2. The summed E-state index contributed by atoms with van der Waals surface area (Å²) in [5.41, 5.74) is 0. The van der Waals surface area contributed by atoms with Gasteiger partial charge in [0.2, 0.25) is 11.8 Å². The van der Waals surface area contributed by atoms with Crippen molar-refractivity contribution in [3.63, 3.8) is 0 Å². The van der Waals surface area contributed by atoms with E-state index in [4.69, 9.17) is 0 Å². The van der Waals surface area contributed by atoms with Crippen molar-refractivity contribution in [2.75, 3.05) is 6.54 Å². The molecule has 1 heterocycles. The lowest BCUT2D eigenvalue weighted by Crippen LogP contribution is -2.64. The molecule has 1 aliphatic heterocycles. The van der Waals surface area contributed by atoms with Crippen LogP contribution in [0.2, 0.25) is 0 Å². The van der Waals surface area contributed by atoms with Crippen molar-refractivity contribution in [3.05, 3.63) is 0 Å². The van der Waals surface area contributed by atoms with E-state index < -0.39 is 0 Å². The molecule has 4 heteroatoms. The number of rotatable bonds is 8. The third-order valence-electron chi connectivity index (χ3n) is 4.53. The Bertz CT molecular complexity index is 377. The number of hydrogen-bond acceptors (Lipinski definition) is 2. The van der Waals surface area contributed by atoms with Crippen LogP contribution < -0.4 is 5.32 Å². The summed E-state index contributed by atoms with van der Waals surface area (Å²) in [5.74, 6) is 1.05. The van der Waals surface area contributed by atoms with Crippen LogP contribution in [0, 0.1) is 11.8 Å². The Morgan fingerprint density at radius 3 is 2.48 bits per heavy atom. The highest BCUT2D eigenvalue weighted by molar-refractivity contribution is 5.97. The van der Waals surface area contributed by atoms with Crippen LogP contribution in [-0.2, 0) is 9.59 Å². The van der Waals surface area contributed by atoms with Crippen LogP contribution >= 0.6 is 0 Å². The molecule has 0 radical (unpaired) electrons. The maximum atomic E-state index is 12.7. The number of amides is 2. The molecule has 1 saturated heterocycles. The summed E-state index contributed by atoms with van der Waals surface area (Å²) in [6.07, 6.45) is 7.48. The Labute approximate surface area is 128 Å². The third-order valence-corrected chi connectivity index (χ3v) is 4.53. The van der Waals surface area contributed by atoms with E-state index in [0.29, 0.717) is 11.8 Å². The van der Waals surface area contributed by atoms with Gasteiger partial charge in [-0.2, -0.15) is 0 Å². The zero-order valence-corrected chi connectivity index (χ0v) is 13.7. The summed E-state index contributed by atoms with van der Waals surface area (Å²) in [6, 6.07) is -0.499. The highest BCUT2D eigenvalue weighted by Gasteiger charge is 2.47. The fourth-order valence-electron chi connectivity index (χ4n) is 3.27. The highest BCUT2D eigenvalue weighted by Crippen LogP contribution is 2.37. The van der Waals surface area contributed by atoms with Crippen molar-refractivity contribution in [2.24, 2.45) is 11.8 Å². The van der Waals surface area contributed by atoms with Crippen LogP contribution in [-0.4, -0.2) is 35.3 Å². The molecule has 2 rings (SSSR count). The molecule has 2 aliphatic rings. The smallest absolute Gasteiger partial charge is 0.245 e. The lowest BCUT2D eigenvalue weighted by Gasteiger charge is -2.39. The number of piperazine rings is 1. The summed E-state index contributed by atoms with van der Waals surface area (Å²) in [4.78, 5) is 27.0. The van der Waals surface area contributed by atoms with Gasteiger partial charge in [-0.1, -0.05) is 40.0 Å². The van der Waals surface area contributed by atoms with Crippen LogP contribution in [0.5, 0.6) is 0 Å². The Hall–Kier alpha value is -1.06. The molecular weight excluding hydrogens is 264 g/mol. The van der Waals surface area contributed by atoms with E-state index >= 15 is 0 Å². The maximum Gasteiger partial charge on any atom is 0.245 e. The normalized spacial score (nSPS) is 26.4. The van der Waals surface area contributed by atoms with E-state index in [1.54, 1.807) is 0 Å². The molecule has 1 N–H and O–H groups in total. The van der Waals surface area contributed by atoms with Crippen molar-refractivity contribution < 1.29 is 9.59 Å². The van der Waals surface area contributed by atoms with Gasteiger partial charge in [0.25, 0.3) is 0 Å². The maximum absolute atomic E-state index is 12.7. The van der Waals surface area contributed by atoms with Crippen LogP contribution in [0.3, 0.4) is 0 Å². The van der Waals surface area contributed by atoms with Gasteiger partial charge in [-0.05, 0) is 37.5 Å². The molecule has 0 aromatic carbocycles. The number of nitrogens with zero attached hydrogens (tertiary/aromatic N) is 1. The Morgan fingerprint density at radius 1 is 1.19 bits per heavy atom. The molecule has 0 bridgehead atoms. The number of carbonyl (C=O) groups excluding carboxylic acids is 2. The molecule has 4 nitrogen and oxygen atoms in total. The zero-order chi connectivity index (χ0) is 15.4. The van der Waals surface area contributed by atoms with Gasteiger partial charge in [-0.3, -0.25) is 9.59 Å². The first-order valence-corrected chi connectivity index (χ1v) is 8.65. The second-order valence-corrected chi connectivity index (χ2v) is 7.07. The number of hydrogen-bond donors (Lipinski definition) is 1. The van der Waals surface area contributed by atoms with E-state index in [1.807, 2.05) is 4.90 Å². The average molecular weight is 294 g/mol. The van der Waals surface area contributed by atoms with Gasteiger partial charge in [0, 0.05) is 6.54 Å². The summed E-state index contributed by atoms with van der Waals surface area (Å²) in [6.45, 7) is 7.13. The molecule has 0 aromatic rings. The molecule has 2 unspecified atom stereocenters. The lowest BCUT2D eigenvalue weighted by molar-refractivity contribution is -0.150. The molecule has 2 atom stereocenters. The van der Waals surface area contributed by atoms with Gasteiger partial charge in [0.1, 0.15) is 12.1 Å². The lowest BCUT2D eigenvalue weighted by atomic mass is 9.96. The topological polar surface area (TPSA) is 49.4 Å². The van der Waals surface area contributed by atoms with Crippen molar-refractivity contribution >= 4 is 11.8 Å². The first-order chi connectivity index (χ1) is 10.0. The predicted octanol–water partition coefficient (Wildman–Crippen LogP) is 2.72. The molecule has 1 aliphatic carbocycles. The second-order valence-electron chi connectivity index (χ2n) is 7.07.